The van der Waals surface area contributed by atoms with E-state index in [9.17, 15) is 9.59 Å². The smallest absolute Gasteiger partial charge is 0.242 e. The van der Waals surface area contributed by atoms with Crippen molar-refractivity contribution < 1.29 is 14.7 Å². The van der Waals surface area contributed by atoms with Crippen molar-refractivity contribution in [1.82, 2.24) is 10.6 Å². The second-order valence-corrected chi connectivity index (χ2v) is 5.21. The Balaban J connectivity index is 3.95. The molecule has 5 heteroatoms. The molecule has 0 aliphatic heterocycles. The standard InChI is InChI=1S/C12H24N2O3/c1-9(11(17)14-12(2,3)4)13-10(16)7-5-6-8-15/h9,15H,5-8H2,1-4H3,(H,13,16)(H,14,17). The number of carbonyl (C=O) groups excluding carboxylic acids is 2. The molecule has 0 saturated carbocycles. The maximum Gasteiger partial charge on any atom is 0.242 e. The molecule has 100 valence electrons. The summed E-state index contributed by atoms with van der Waals surface area (Å²) in [6.07, 6.45) is 1.58. The number of unbranched alkanes of at least 4 members (excludes halogenated alkanes) is 1. The van der Waals surface area contributed by atoms with E-state index in [1.807, 2.05) is 20.8 Å². The van der Waals surface area contributed by atoms with Gasteiger partial charge in [-0.2, -0.15) is 0 Å². The Kier molecular flexibility index (Phi) is 6.80. The van der Waals surface area contributed by atoms with E-state index in [0.29, 0.717) is 19.3 Å². The molecule has 0 aromatic rings. The molecule has 0 aromatic heterocycles. The molecule has 1 unspecified atom stereocenters. The quantitative estimate of drug-likeness (QED) is 0.598. The van der Waals surface area contributed by atoms with E-state index in [-0.39, 0.29) is 24.0 Å². The topological polar surface area (TPSA) is 78.4 Å². The summed E-state index contributed by atoms with van der Waals surface area (Å²) in [5.74, 6) is -0.344. The van der Waals surface area contributed by atoms with Crippen LogP contribution in [0.2, 0.25) is 0 Å². The van der Waals surface area contributed by atoms with Gasteiger partial charge in [-0.3, -0.25) is 9.59 Å². The van der Waals surface area contributed by atoms with Crippen molar-refractivity contribution in [2.45, 2.75) is 58.5 Å². The number of nitrogens with one attached hydrogen (secondary N) is 2. The first-order chi connectivity index (χ1) is 7.76. The maximum absolute atomic E-state index is 11.7. The van der Waals surface area contributed by atoms with Crippen LogP contribution >= 0.6 is 0 Å². The molecule has 0 bridgehead atoms. The van der Waals surface area contributed by atoms with Gasteiger partial charge in [0.05, 0.1) is 0 Å². The molecule has 17 heavy (non-hydrogen) atoms. The molecule has 1 atom stereocenters. The fourth-order valence-electron chi connectivity index (χ4n) is 1.25. The van der Waals surface area contributed by atoms with Crippen molar-refractivity contribution in [3.8, 4) is 0 Å². The van der Waals surface area contributed by atoms with Crippen LogP contribution in [0.4, 0.5) is 0 Å². The number of hydrogen-bond donors (Lipinski definition) is 3. The average molecular weight is 244 g/mol. The Hall–Kier alpha value is -1.10. The Morgan fingerprint density at radius 3 is 2.29 bits per heavy atom. The third-order valence-corrected chi connectivity index (χ3v) is 2.08. The molecule has 0 aliphatic carbocycles. The van der Waals surface area contributed by atoms with Crippen molar-refractivity contribution in [3.63, 3.8) is 0 Å². The number of aliphatic hydroxyl groups excluding tert-OH is 1. The zero-order chi connectivity index (χ0) is 13.5. The van der Waals surface area contributed by atoms with Crippen LogP contribution in [0.15, 0.2) is 0 Å². The molecule has 5 nitrogen and oxygen atoms in total. The fraction of sp³-hybridized carbons (Fsp3) is 0.833. The summed E-state index contributed by atoms with van der Waals surface area (Å²) in [6.45, 7) is 7.42. The maximum atomic E-state index is 11.7. The van der Waals surface area contributed by atoms with Gasteiger partial charge < -0.3 is 15.7 Å². The van der Waals surface area contributed by atoms with E-state index in [0.717, 1.165) is 0 Å². The minimum Gasteiger partial charge on any atom is -0.396 e. The van der Waals surface area contributed by atoms with Crippen LogP contribution in [-0.2, 0) is 9.59 Å². The van der Waals surface area contributed by atoms with Crippen LogP contribution < -0.4 is 10.6 Å². The molecule has 0 fully saturated rings. The van der Waals surface area contributed by atoms with Crippen LogP contribution in [0, 0.1) is 0 Å². The first kappa shape index (κ1) is 15.9. The van der Waals surface area contributed by atoms with Crippen molar-refractivity contribution in [2.24, 2.45) is 0 Å². The lowest BCUT2D eigenvalue weighted by atomic mass is 10.1. The van der Waals surface area contributed by atoms with Gasteiger partial charge in [0.1, 0.15) is 6.04 Å². The Bertz CT molecular complexity index is 259. The number of carbonyl (C=O) groups is 2. The highest BCUT2D eigenvalue weighted by Gasteiger charge is 2.20. The summed E-state index contributed by atoms with van der Waals surface area (Å²) in [5.41, 5.74) is -0.299. The highest BCUT2D eigenvalue weighted by molar-refractivity contribution is 5.87. The first-order valence-electron chi connectivity index (χ1n) is 5.98. The van der Waals surface area contributed by atoms with Gasteiger partial charge in [0.15, 0.2) is 0 Å². The minimum absolute atomic E-state index is 0.0906. The summed E-state index contributed by atoms with van der Waals surface area (Å²) < 4.78 is 0. The van der Waals surface area contributed by atoms with E-state index in [2.05, 4.69) is 10.6 Å². The predicted octanol–water partition coefficient (Wildman–Crippen LogP) is 0.568. The number of aliphatic hydroxyl groups is 1. The highest BCUT2D eigenvalue weighted by Crippen LogP contribution is 2.00. The first-order valence-corrected chi connectivity index (χ1v) is 5.98. The van der Waals surface area contributed by atoms with Gasteiger partial charge in [-0.15, -0.1) is 0 Å². The van der Waals surface area contributed by atoms with Crippen LogP contribution in [-0.4, -0.2) is 35.1 Å². The van der Waals surface area contributed by atoms with Gasteiger partial charge in [0.25, 0.3) is 0 Å². The zero-order valence-electron chi connectivity index (χ0n) is 11.2. The molecular weight excluding hydrogens is 220 g/mol. The second kappa shape index (κ2) is 7.27. The molecule has 0 aliphatic rings. The summed E-state index contributed by atoms with van der Waals surface area (Å²) in [5, 5.41) is 14.0. The Morgan fingerprint density at radius 1 is 1.24 bits per heavy atom. The lowest BCUT2D eigenvalue weighted by molar-refractivity contribution is -0.129. The molecule has 0 spiro atoms. The molecule has 0 radical (unpaired) electrons. The number of hydrogen-bond acceptors (Lipinski definition) is 3. The second-order valence-electron chi connectivity index (χ2n) is 5.21. The minimum atomic E-state index is -0.532. The van der Waals surface area contributed by atoms with Crippen molar-refractivity contribution in [3.05, 3.63) is 0 Å². The SMILES string of the molecule is CC(NC(=O)CCCCO)C(=O)NC(C)(C)C. The normalized spacial score (nSPS) is 13.0. The van der Waals surface area contributed by atoms with Crippen molar-refractivity contribution in [2.75, 3.05) is 6.61 Å². The molecule has 0 saturated heterocycles. The van der Waals surface area contributed by atoms with Gasteiger partial charge in [-0.25, -0.2) is 0 Å². The Morgan fingerprint density at radius 2 is 1.82 bits per heavy atom. The van der Waals surface area contributed by atoms with Gasteiger partial charge >= 0.3 is 0 Å². The monoisotopic (exact) mass is 244 g/mol. The van der Waals surface area contributed by atoms with E-state index in [4.69, 9.17) is 5.11 Å². The van der Waals surface area contributed by atoms with Crippen LogP contribution in [0.5, 0.6) is 0 Å². The third kappa shape index (κ3) is 8.68. The zero-order valence-corrected chi connectivity index (χ0v) is 11.2. The van der Waals surface area contributed by atoms with E-state index in [1.165, 1.54) is 0 Å². The lowest BCUT2D eigenvalue weighted by Gasteiger charge is -2.23. The van der Waals surface area contributed by atoms with Gasteiger partial charge in [0.2, 0.25) is 11.8 Å². The fourth-order valence-corrected chi connectivity index (χ4v) is 1.25. The number of amides is 2. The molecule has 2 amide bonds. The molecular formula is C12H24N2O3. The highest BCUT2D eigenvalue weighted by atomic mass is 16.3. The van der Waals surface area contributed by atoms with E-state index in [1.54, 1.807) is 6.92 Å². The molecule has 3 N–H and O–H groups in total. The summed E-state index contributed by atoms with van der Waals surface area (Å²) in [7, 11) is 0. The molecule has 0 rings (SSSR count). The van der Waals surface area contributed by atoms with Crippen molar-refractivity contribution >= 4 is 11.8 Å². The third-order valence-electron chi connectivity index (χ3n) is 2.08. The Labute approximate surface area is 103 Å². The summed E-state index contributed by atoms with van der Waals surface area (Å²) >= 11 is 0. The average Bonchev–Trinajstić information content (AvgIpc) is 2.15. The molecule has 0 aromatic carbocycles. The van der Waals surface area contributed by atoms with Gasteiger partial charge in [-0.1, -0.05) is 0 Å². The largest absolute Gasteiger partial charge is 0.396 e. The molecule has 0 heterocycles. The lowest BCUT2D eigenvalue weighted by Crippen LogP contribution is -2.50. The summed E-state index contributed by atoms with van der Waals surface area (Å²) in [4.78, 5) is 23.1. The van der Waals surface area contributed by atoms with Crippen LogP contribution in [0.25, 0.3) is 0 Å². The van der Waals surface area contributed by atoms with Crippen molar-refractivity contribution in [1.29, 1.82) is 0 Å². The summed E-state index contributed by atoms with van der Waals surface area (Å²) in [6, 6.07) is -0.532. The van der Waals surface area contributed by atoms with Crippen LogP contribution in [0.1, 0.15) is 47.0 Å². The van der Waals surface area contributed by atoms with E-state index >= 15 is 0 Å². The van der Waals surface area contributed by atoms with Crippen LogP contribution in [0.3, 0.4) is 0 Å². The van der Waals surface area contributed by atoms with E-state index < -0.39 is 6.04 Å². The number of rotatable bonds is 6. The van der Waals surface area contributed by atoms with Gasteiger partial charge in [-0.05, 0) is 40.5 Å². The predicted molar refractivity (Wildman–Crippen MR) is 66.4 cm³/mol. The van der Waals surface area contributed by atoms with Gasteiger partial charge in [0, 0.05) is 18.6 Å².